The van der Waals surface area contributed by atoms with Crippen molar-refractivity contribution in [3.05, 3.63) is 58.8 Å². The lowest BCUT2D eigenvalue weighted by Gasteiger charge is -2.19. The molecule has 1 aliphatic carbocycles. The number of sulfone groups is 1. The molecule has 188 valence electrons. The van der Waals surface area contributed by atoms with E-state index in [2.05, 4.69) is 10.4 Å². The number of rotatable bonds is 9. The maximum atomic E-state index is 12.9. The Morgan fingerprint density at radius 2 is 1.80 bits per heavy atom. The largest absolute Gasteiger partial charge is 0.354 e. The van der Waals surface area contributed by atoms with Gasteiger partial charge in [-0.15, -0.1) is 0 Å². The number of nitrogens with zero attached hydrogens (tertiary/aromatic N) is 2. The first-order valence-corrected chi connectivity index (χ1v) is 15.0. The molecule has 9 nitrogen and oxygen atoms in total. The Hall–Kier alpha value is -2.76. The van der Waals surface area contributed by atoms with Crippen LogP contribution in [0.2, 0.25) is 0 Å². The molecule has 0 aliphatic heterocycles. The van der Waals surface area contributed by atoms with Gasteiger partial charge < -0.3 is 5.32 Å². The van der Waals surface area contributed by atoms with Crippen molar-refractivity contribution in [2.24, 2.45) is 0 Å². The molecule has 1 amide bonds. The Balaban J connectivity index is 1.90. The highest BCUT2D eigenvalue weighted by Gasteiger charge is 2.34. The Kier molecular flexibility index (Phi) is 6.78. The second-order valence-corrected chi connectivity index (χ2v) is 13.0. The number of aromatic nitrogens is 2. The third-order valence-corrected chi connectivity index (χ3v) is 8.27. The minimum atomic E-state index is -3.70. The van der Waals surface area contributed by atoms with Gasteiger partial charge >= 0.3 is 0 Å². The summed E-state index contributed by atoms with van der Waals surface area (Å²) in [6.45, 7) is 1.72. The number of hydrogen-bond donors (Lipinski definition) is 1. The van der Waals surface area contributed by atoms with Gasteiger partial charge in [-0.05, 0) is 67.5 Å². The lowest BCUT2D eigenvalue weighted by molar-refractivity contribution is 0.0957. The fourth-order valence-corrected chi connectivity index (χ4v) is 5.90. The van der Waals surface area contributed by atoms with Crippen LogP contribution in [-0.2, 0) is 24.1 Å². The summed E-state index contributed by atoms with van der Waals surface area (Å²) in [6.07, 6.45) is 3.88. The standard InChI is InChI=1S/C24H29N3O6S2/c1-15-5-9-17(10-6-15)27-23(24(28)25-2)20-13-18(16-7-8-16)19(14-21(20)26-27)22(34(3,29)30)11-12-33-35(4,31)32/h5-6,9-10,13-14,16,22H,7-8,11-12H2,1-4H3,(H,25,28). The zero-order chi connectivity index (χ0) is 25.5. The first kappa shape index (κ1) is 25.3. The third kappa shape index (κ3) is 5.57. The van der Waals surface area contributed by atoms with Crippen molar-refractivity contribution in [1.82, 2.24) is 15.1 Å². The lowest BCUT2D eigenvalue weighted by Crippen LogP contribution is -2.22. The van der Waals surface area contributed by atoms with Crippen molar-refractivity contribution in [3.63, 3.8) is 0 Å². The summed E-state index contributed by atoms with van der Waals surface area (Å²) in [5.41, 5.74) is 4.06. The van der Waals surface area contributed by atoms with E-state index in [0.29, 0.717) is 27.8 Å². The van der Waals surface area contributed by atoms with Crippen LogP contribution < -0.4 is 5.32 Å². The van der Waals surface area contributed by atoms with E-state index in [9.17, 15) is 21.6 Å². The highest BCUT2D eigenvalue weighted by molar-refractivity contribution is 7.91. The fourth-order valence-electron chi connectivity index (χ4n) is 4.31. The quantitative estimate of drug-likeness (QED) is 0.431. The second-order valence-electron chi connectivity index (χ2n) is 9.08. The zero-order valence-corrected chi connectivity index (χ0v) is 21.7. The highest BCUT2D eigenvalue weighted by Crippen LogP contribution is 2.46. The maximum Gasteiger partial charge on any atom is 0.270 e. The molecule has 0 radical (unpaired) electrons. The SMILES string of the molecule is CNC(=O)c1c2cc(C3CC3)c(C(CCOS(C)(=O)=O)S(C)(=O)=O)cc2nn1-c1ccc(C)cc1. The molecule has 1 atom stereocenters. The van der Waals surface area contributed by atoms with Gasteiger partial charge in [0.2, 0.25) is 0 Å². The Morgan fingerprint density at radius 1 is 1.14 bits per heavy atom. The van der Waals surface area contributed by atoms with Crippen LogP contribution in [0.15, 0.2) is 36.4 Å². The summed E-state index contributed by atoms with van der Waals surface area (Å²) in [5.74, 6) is -0.126. The molecule has 0 spiro atoms. The number of fused-ring (bicyclic) bond motifs is 1. The molecule has 2 aromatic carbocycles. The number of carbonyl (C=O) groups excluding carboxylic acids is 1. The Labute approximate surface area is 205 Å². The van der Waals surface area contributed by atoms with Gasteiger partial charge in [0.05, 0.1) is 29.3 Å². The van der Waals surface area contributed by atoms with E-state index in [0.717, 1.165) is 36.5 Å². The van der Waals surface area contributed by atoms with E-state index >= 15 is 0 Å². The Bertz CT molecular complexity index is 1490. The van der Waals surface area contributed by atoms with Crippen LogP contribution in [0.4, 0.5) is 0 Å². The predicted molar refractivity (Wildman–Crippen MR) is 134 cm³/mol. The van der Waals surface area contributed by atoms with E-state index in [1.807, 2.05) is 37.3 Å². The number of carbonyl (C=O) groups is 1. The summed E-state index contributed by atoms with van der Waals surface area (Å²) >= 11 is 0. The number of amides is 1. The minimum Gasteiger partial charge on any atom is -0.354 e. The molecule has 1 N–H and O–H groups in total. The summed E-state index contributed by atoms with van der Waals surface area (Å²) in [4.78, 5) is 12.9. The van der Waals surface area contributed by atoms with E-state index in [4.69, 9.17) is 4.18 Å². The molecule has 1 unspecified atom stereocenters. The normalized spacial score (nSPS) is 15.3. The lowest BCUT2D eigenvalue weighted by atomic mass is 9.96. The molecular formula is C24H29N3O6S2. The van der Waals surface area contributed by atoms with Crippen LogP contribution in [0.25, 0.3) is 16.6 Å². The van der Waals surface area contributed by atoms with Crippen LogP contribution in [0.5, 0.6) is 0 Å². The van der Waals surface area contributed by atoms with Crippen LogP contribution in [0.3, 0.4) is 0 Å². The Morgan fingerprint density at radius 3 is 2.34 bits per heavy atom. The minimum absolute atomic E-state index is 0.0158. The van der Waals surface area contributed by atoms with Crippen molar-refractivity contribution in [2.45, 2.75) is 37.4 Å². The monoisotopic (exact) mass is 519 g/mol. The third-order valence-electron chi connectivity index (χ3n) is 6.16. The molecule has 1 heterocycles. The van der Waals surface area contributed by atoms with Crippen LogP contribution >= 0.6 is 0 Å². The summed E-state index contributed by atoms with van der Waals surface area (Å²) in [5, 5.41) is 7.03. The van der Waals surface area contributed by atoms with Crippen LogP contribution in [0, 0.1) is 6.92 Å². The molecular weight excluding hydrogens is 490 g/mol. The first-order valence-electron chi connectivity index (χ1n) is 11.3. The summed E-state index contributed by atoms with van der Waals surface area (Å²) < 4.78 is 54.9. The van der Waals surface area contributed by atoms with Gasteiger partial charge in [0.25, 0.3) is 16.0 Å². The van der Waals surface area contributed by atoms with Gasteiger partial charge in [-0.1, -0.05) is 17.7 Å². The van der Waals surface area contributed by atoms with Gasteiger partial charge in [0, 0.05) is 18.7 Å². The molecule has 4 rings (SSSR count). The van der Waals surface area contributed by atoms with E-state index in [-0.39, 0.29) is 24.9 Å². The highest BCUT2D eigenvalue weighted by atomic mass is 32.2. The topological polar surface area (TPSA) is 124 Å². The van der Waals surface area contributed by atoms with Crippen molar-refractivity contribution < 1.29 is 25.8 Å². The molecule has 0 bridgehead atoms. The second kappa shape index (κ2) is 9.36. The summed E-state index contributed by atoms with van der Waals surface area (Å²) in [7, 11) is -5.75. The average molecular weight is 520 g/mol. The van der Waals surface area contributed by atoms with Gasteiger partial charge in [-0.3, -0.25) is 8.98 Å². The molecule has 1 fully saturated rings. The zero-order valence-electron chi connectivity index (χ0n) is 20.1. The molecule has 0 saturated heterocycles. The maximum absolute atomic E-state index is 12.9. The first-order chi connectivity index (χ1) is 16.4. The number of aryl methyl sites for hydroxylation is 1. The molecule has 1 aromatic heterocycles. The smallest absolute Gasteiger partial charge is 0.270 e. The van der Waals surface area contributed by atoms with Crippen LogP contribution in [-0.4, -0.2) is 58.7 Å². The number of benzene rings is 2. The van der Waals surface area contributed by atoms with Gasteiger partial charge in [0.1, 0.15) is 5.69 Å². The predicted octanol–water partition coefficient (Wildman–Crippen LogP) is 3.02. The van der Waals surface area contributed by atoms with Crippen molar-refractivity contribution >= 4 is 36.8 Å². The van der Waals surface area contributed by atoms with Gasteiger partial charge in [-0.2, -0.15) is 13.5 Å². The fraction of sp³-hybridized carbons (Fsp3) is 0.417. The van der Waals surface area contributed by atoms with Gasteiger partial charge in [0.15, 0.2) is 9.84 Å². The van der Waals surface area contributed by atoms with Crippen molar-refractivity contribution in [2.75, 3.05) is 26.2 Å². The molecule has 3 aromatic rings. The molecule has 11 heteroatoms. The average Bonchev–Trinajstić information content (AvgIpc) is 3.55. The van der Waals surface area contributed by atoms with Crippen LogP contribution in [0.1, 0.15) is 57.6 Å². The van der Waals surface area contributed by atoms with E-state index in [1.54, 1.807) is 17.8 Å². The van der Waals surface area contributed by atoms with Crippen molar-refractivity contribution in [3.8, 4) is 5.69 Å². The molecule has 35 heavy (non-hydrogen) atoms. The van der Waals surface area contributed by atoms with Gasteiger partial charge in [-0.25, -0.2) is 13.1 Å². The number of hydrogen-bond acceptors (Lipinski definition) is 7. The molecule has 1 aliphatic rings. The molecule has 1 saturated carbocycles. The van der Waals surface area contributed by atoms with Crippen molar-refractivity contribution in [1.29, 1.82) is 0 Å². The number of nitrogens with one attached hydrogen (secondary N) is 1. The van der Waals surface area contributed by atoms with E-state index in [1.165, 1.54) is 0 Å². The van der Waals surface area contributed by atoms with E-state index < -0.39 is 25.2 Å². The summed E-state index contributed by atoms with van der Waals surface area (Å²) in [6, 6.07) is 11.2.